The molecule has 0 aromatic heterocycles. The lowest BCUT2D eigenvalue weighted by atomic mass is 9.77. The predicted octanol–water partition coefficient (Wildman–Crippen LogP) is 0.580. The van der Waals surface area contributed by atoms with E-state index < -0.39 is 0 Å². The van der Waals surface area contributed by atoms with Gasteiger partial charge in [0.15, 0.2) is 0 Å². The molecule has 0 aromatic rings. The zero-order valence-electron chi connectivity index (χ0n) is 24.9. The van der Waals surface area contributed by atoms with Gasteiger partial charge in [-0.3, -0.25) is 30.5 Å². The van der Waals surface area contributed by atoms with Crippen LogP contribution in [-0.2, 0) is 19.0 Å². The highest BCUT2D eigenvalue weighted by Gasteiger charge is 2.48. The van der Waals surface area contributed by atoms with Crippen LogP contribution in [0.1, 0.15) is 51.9 Å². The molecule has 4 heterocycles. The van der Waals surface area contributed by atoms with E-state index in [1.54, 1.807) is 0 Å². The van der Waals surface area contributed by atoms with E-state index >= 15 is 0 Å². The van der Waals surface area contributed by atoms with Crippen molar-refractivity contribution < 1.29 is 19.0 Å². The molecular formula is C30H54N6O4. The molecule has 10 nitrogen and oxygen atoms in total. The van der Waals surface area contributed by atoms with Crippen LogP contribution in [0.25, 0.3) is 0 Å². The molecule has 6 atom stereocenters. The van der Waals surface area contributed by atoms with Crippen LogP contribution in [0.5, 0.6) is 0 Å². The molecule has 0 aromatic carbocycles. The largest absolute Gasteiger partial charge is 0.381 e. The fourth-order valence-corrected chi connectivity index (χ4v) is 8.55. The van der Waals surface area contributed by atoms with Gasteiger partial charge < -0.3 is 19.5 Å². The van der Waals surface area contributed by atoms with Crippen molar-refractivity contribution in [1.82, 2.24) is 31.1 Å². The molecule has 4 aliphatic heterocycles. The molecule has 0 bridgehead atoms. The molecule has 6 rings (SSSR count). The Morgan fingerprint density at radius 1 is 1.07 bits per heavy atom. The maximum Gasteiger partial charge on any atom is 0.223 e. The summed E-state index contributed by atoms with van der Waals surface area (Å²) >= 11 is 0. The number of fused-ring (bicyclic) bond motifs is 1. The van der Waals surface area contributed by atoms with Crippen molar-refractivity contribution >= 4 is 5.91 Å². The Labute approximate surface area is 241 Å². The zero-order valence-corrected chi connectivity index (χ0v) is 24.9. The highest BCUT2D eigenvalue weighted by molar-refractivity contribution is 5.79. The van der Waals surface area contributed by atoms with Gasteiger partial charge in [-0.2, -0.15) is 0 Å². The van der Waals surface area contributed by atoms with Crippen molar-refractivity contribution in [3.05, 3.63) is 0 Å². The van der Waals surface area contributed by atoms with E-state index in [1.807, 2.05) is 7.11 Å². The van der Waals surface area contributed by atoms with Gasteiger partial charge in [0.1, 0.15) is 0 Å². The third-order valence-corrected chi connectivity index (χ3v) is 10.9. The van der Waals surface area contributed by atoms with Gasteiger partial charge in [0.2, 0.25) is 5.91 Å². The van der Waals surface area contributed by atoms with Gasteiger partial charge in [-0.05, 0) is 56.8 Å². The molecule has 1 amide bonds. The minimum Gasteiger partial charge on any atom is -0.381 e. The molecule has 2 saturated carbocycles. The molecule has 6 fully saturated rings. The maximum atomic E-state index is 12.9. The molecule has 0 radical (unpaired) electrons. The number of nitrogens with zero attached hydrogens (tertiary/aromatic N) is 2. The zero-order chi connectivity index (χ0) is 27.5. The van der Waals surface area contributed by atoms with Crippen LogP contribution in [0.4, 0.5) is 0 Å². The molecule has 2 aliphatic carbocycles. The van der Waals surface area contributed by atoms with Gasteiger partial charge >= 0.3 is 0 Å². The number of hydrogen-bond donors (Lipinski definition) is 4. The topological polar surface area (TPSA) is 99.4 Å². The smallest absolute Gasteiger partial charge is 0.223 e. The van der Waals surface area contributed by atoms with E-state index in [4.69, 9.17) is 14.2 Å². The number of ether oxygens (including phenoxy) is 3. The third-order valence-electron chi connectivity index (χ3n) is 10.9. The predicted molar refractivity (Wildman–Crippen MR) is 154 cm³/mol. The van der Waals surface area contributed by atoms with Crippen molar-refractivity contribution in [2.24, 2.45) is 23.2 Å². The van der Waals surface area contributed by atoms with E-state index in [1.165, 1.54) is 25.7 Å². The van der Waals surface area contributed by atoms with Crippen molar-refractivity contribution in [1.29, 1.82) is 0 Å². The minimum atomic E-state index is 0.104. The Bertz CT molecular complexity index is 829. The van der Waals surface area contributed by atoms with Crippen molar-refractivity contribution in [2.45, 2.75) is 82.4 Å². The first-order chi connectivity index (χ1) is 19.5. The molecule has 228 valence electrons. The van der Waals surface area contributed by atoms with Crippen molar-refractivity contribution in [3.8, 4) is 0 Å². The number of likely N-dealkylation sites (tertiary alicyclic amines) is 1. The maximum absolute atomic E-state index is 12.9. The molecule has 10 heteroatoms. The Kier molecular flexibility index (Phi) is 9.65. The number of amides is 1. The van der Waals surface area contributed by atoms with E-state index in [9.17, 15) is 4.79 Å². The standard InChI is InChI=1S/C30H54N6O4/c1-21-15-23(5-8-25(21)29(37)32-10-13-39-14-12-35-17-30(18-35)19-40-20-30)34-27-28-33-16-26(36(28)11-9-31-27)22-3-6-24(38-2)7-4-22/h21-28,31,33-34H,3-20H2,1-2H3,(H,32,37). The van der Waals surface area contributed by atoms with Crippen LogP contribution in [0.3, 0.4) is 0 Å². The molecular weight excluding hydrogens is 508 g/mol. The van der Waals surface area contributed by atoms with Crippen LogP contribution in [0.15, 0.2) is 0 Å². The van der Waals surface area contributed by atoms with Crippen molar-refractivity contribution in [3.63, 3.8) is 0 Å². The lowest BCUT2D eigenvalue weighted by Crippen LogP contribution is -2.67. The fraction of sp³-hybridized carbons (Fsp3) is 0.967. The second-order valence-corrected chi connectivity index (χ2v) is 13.7. The van der Waals surface area contributed by atoms with E-state index in [0.717, 1.165) is 84.3 Å². The first-order valence-electron chi connectivity index (χ1n) is 16.2. The average molecular weight is 563 g/mol. The Hall–Kier alpha value is -0.850. The van der Waals surface area contributed by atoms with Gasteiger partial charge in [-0.25, -0.2) is 0 Å². The summed E-state index contributed by atoms with van der Waals surface area (Å²) in [6.07, 6.45) is 9.09. The second-order valence-electron chi connectivity index (χ2n) is 13.7. The lowest BCUT2D eigenvalue weighted by Gasteiger charge is -2.55. The van der Waals surface area contributed by atoms with Crippen LogP contribution in [0.2, 0.25) is 0 Å². The number of piperazine rings is 1. The summed E-state index contributed by atoms with van der Waals surface area (Å²) in [5.74, 6) is 1.46. The second kappa shape index (κ2) is 13.2. The fourth-order valence-electron chi connectivity index (χ4n) is 8.55. The number of nitrogens with one attached hydrogen (secondary N) is 4. The number of rotatable bonds is 11. The van der Waals surface area contributed by atoms with Crippen LogP contribution in [-0.4, -0.2) is 126 Å². The first kappa shape index (κ1) is 29.2. The van der Waals surface area contributed by atoms with E-state index in [2.05, 4.69) is 38.0 Å². The highest BCUT2D eigenvalue weighted by atomic mass is 16.5. The minimum absolute atomic E-state index is 0.104. The average Bonchev–Trinajstić information content (AvgIpc) is 3.36. The summed E-state index contributed by atoms with van der Waals surface area (Å²) in [4.78, 5) is 18.1. The normalized spacial score (nSPS) is 39.9. The molecule has 1 spiro atoms. The summed E-state index contributed by atoms with van der Waals surface area (Å²) in [7, 11) is 1.86. The molecule has 6 unspecified atom stereocenters. The molecule has 4 saturated heterocycles. The summed E-state index contributed by atoms with van der Waals surface area (Å²) in [5.41, 5.74) is 0.465. The Morgan fingerprint density at radius 3 is 2.62 bits per heavy atom. The summed E-state index contributed by atoms with van der Waals surface area (Å²) in [5, 5.41) is 14.7. The van der Waals surface area contributed by atoms with Gasteiger partial charge in [-0.1, -0.05) is 6.92 Å². The summed E-state index contributed by atoms with van der Waals surface area (Å²) in [6.45, 7) is 12.5. The van der Waals surface area contributed by atoms with Gasteiger partial charge in [0.05, 0.1) is 44.9 Å². The first-order valence-corrected chi connectivity index (χ1v) is 16.2. The number of hydrogen-bond acceptors (Lipinski definition) is 9. The monoisotopic (exact) mass is 562 g/mol. The van der Waals surface area contributed by atoms with E-state index in [0.29, 0.717) is 48.8 Å². The number of carbonyl (C=O) groups is 1. The Morgan fingerprint density at radius 2 is 1.90 bits per heavy atom. The molecule has 40 heavy (non-hydrogen) atoms. The van der Waals surface area contributed by atoms with E-state index in [-0.39, 0.29) is 18.0 Å². The number of carbonyl (C=O) groups excluding carboxylic acids is 1. The van der Waals surface area contributed by atoms with Gasteiger partial charge in [0, 0.05) is 76.3 Å². The van der Waals surface area contributed by atoms with Crippen molar-refractivity contribution in [2.75, 3.05) is 79.4 Å². The Balaban J connectivity index is 0.869. The summed E-state index contributed by atoms with van der Waals surface area (Å²) in [6, 6.07) is 1.09. The van der Waals surface area contributed by atoms with Crippen LogP contribution >= 0.6 is 0 Å². The lowest BCUT2D eigenvalue weighted by molar-refractivity contribution is -0.190. The van der Waals surface area contributed by atoms with Gasteiger partial charge in [0.25, 0.3) is 0 Å². The molecule has 6 aliphatic rings. The third kappa shape index (κ3) is 6.54. The van der Waals surface area contributed by atoms with Crippen LogP contribution in [0, 0.1) is 23.2 Å². The highest BCUT2D eigenvalue weighted by Crippen LogP contribution is 2.37. The van der Waals surface area contributed by atoms with Gasteiger partial charge in [-0.15, -0.1) is 0 Å². The molecule has 4 N–H and O–H groups in total. The number of methoxy groups -OCH3 is 1. The summed E-state index contributed by atoms with van der Waals surface area (Å²) < 4.78 is 16.7. The van der Waals surface area contributed by atoms with Crippen LogP contribution < -0.4 is 21.3 Å². The SMILES string of the molecule is COC1CCC(C2CNC3C(NC4CCC(C(=O)NCCOCCN5CC6(COC6)C5)C(C)C4)NCCN23)CC1. The quantitative estimate of drug-likeness (QED) is 0.270.